The van der Waals surface area contributed by atoms with E-state index in [-0.39, 0.29) is 6.42 Å². The predicted octanol–water partition coefficient (Wildman–Crippen LogP) is 5.14. The second-order valence-electron chi connectivity index (χ2n) is 7.21. The van der Waals surface area contributed by atoms with Gasteiger partial charge in [-0.2, -0.15) is 0 Å². The van der Waals surface area contributed by atoms with Gasteiger partial charge in [-0.25, -0.2) is 0 Å². The number of hydrogen-bond donors (Lipinski definition) is 2. The zero-order chi connectivity index (χ0) is 18.6. The van der Waals surface area contributed by atoms with Gasteiger partial charge in [0, 0.05) is 0 Å². The number of carbonyl (C=O) groups is 1. The Morgan fingerprint density at radius 1 is 0.760 bits per heavy atom. The van der Waals surface area contributed by atoms with Gasteiger partial charge >= 0.3 is 5.97 Å². The molecule has 0 amide bonds. The van der Waals surface area contributed by atoms with Crippen LogP contribution < -0.4 is 0 Å². The normalized spacial score (nSPS) is 12.3. The molecule has 0 aromatic rings. The molecule has 0 aliphatic heterocycles. The first-order chi connectivity index (χ1) is 12.2. The van der Waals surface area contributed by atoms with Crippen LogP contribution in [0.15, 0.2) is 0 Å². The van der Waals surface area contributed by atoms with E-state index in [1.54, 1.807) is 0 Å². The average molecular weight is 359 g/mol. The zero-order valence-corrected chi connectivity index (χ0v) is 16.5. The molecule has 0 aliphatic rings. The lowest BCUT2D eigenvalue weighted by molar-refractivity contribution is -0.146. The highest BCUT2D eigenvalue weighted by Crippen LogP contribution is 2.13. The van der Waals surface area contributed by atoms with E-state index in [9.17, 15) is 4.79 Å². The molecule has 0 radical (unpaired) electrons. The fourth-order valence-electron chi connectivity index (χ4n) is 2.98. The van der Waals surface area contributed by atoms with Crippen molar-refractivity contribution in [2.75, 3.05) is 13.2 Å². The number of unbranched alkanes of at least 4 members (excludes halogenated alkanes) is 14. The summed E-state index contributed by atoms with van der Waals surface area (Å²) in [6.45, 7) is 2.30. The second-order valence-corrected chi connectivity index (χ2v) is 7.21. The van der Waals surface area contributed by atoms with Crippen molar-refractivity contribution in [2.45, 2.75) is 116 Å². The van der Waals surface area contributed by atoms with Gasteiger partial charge in [-0.1, -0.05) is 96.8 Å². The number of esters is 1. The SMILES string of the molecule is CCCCCCCCCCCCCCCCCOC(=O)CC(O)CO. The van der Waals surface area contributed by atoms with Crippen LogP contribution in [-0.4, -0.2) is 35.5 Å². The molecule has 0 bridgehead atoms. The van der Waals surface area contributed by atoms with Crippen LogP contribution in [0, 0.1) is 0 Å². The Bertz CT molecular complexity index is 281. The molecule has 150 valence electrons. The molecule has 0 rings (SSSR count). The molecule has 2 N–H and O–H groups in total. The molecular weight excluding hydrogens is 316 g/mol. The topological polar surface area (TPSA) is 66.8 Å². The Morgan fingerprint density at radius 3 is 1.56 bits per heavy atom. The molecule has 0 fully saturated rings. The van der Waals surface area contributed by atoms with Crippen molar-refractivity contribution in [1.82, 2.24) is 0 Å². The first-order valence-corrected chi connectivity index (χ1v) is 10.6. The van der Waals surface area contributed by atoms with Crippen LogP contribution in [0.4, 0.5) is 0 Å². The van der Waals surface area contributed by atoms with Crippen molar-refractivity contribution >= 4 is 5.97 Å². The van der Waals surface area contributed by atoms with Crippen LogP contribution >= 0.6 is 0 Å². The maximum absolute atomic E-state index is 11.3. The number of aliphatic hydroxyl groups is 2. The van der Waals surface area contributed by atoms with Crippen LogP contribution in [0.1, 0.15) is 110 Å². The predicted molar refractivity (Wildman–Crippen MR) is 104 cm³/mol. The van der Waals surface area contributed by atoms with Crippen LogP contribution in [0.2, 0.25) is 0 Å². The minimum Gasteiger partial charge on any atom is -0.466 e. The van der Waals surface area contributed by atoms with E-state index in [1.165, 1.54) is 83.5 Å². The molecule has 1 atom stereocenters. The van der Waals surface area contributed by atoms with Crippen LogP contribution in [0.25, 0.3) is 0 Å². The van der Waals surface area contributed by atoms with Gasteiger partial charge in [-0.3, -0.25) is 4.79 Å². The molecule has 0 aromatic heterocycles. The maximum atomic E-state index is 11.3. The first-order valence-electron chi connectivity index (χ1n) is 10.6. The summed E-state index contributed by atoms with van der Waals surface area (Å²) in [4.78, 5) is 11.3. The molecule has 0 spiro atoms. The van der Waals surface area contributed by atoms with E-state index in [4.69, 9.17) is 14.9 Å². The van der Waals surface area contributed by atoms with Crippen molar-refractivity contribution in [3.8, 4) is 0 Å². The summed E-state index contributed by atoms with van der Waals surface area (Å²) in [5, 5.41) is 17.8. The van der Waals surface area contributed by atoms with Gasteiger partial charge in [-0.05, 0) is 6.42 Å². The molecule has 4 heteroatoms. The van der Waals surface area contributed by atoms with E-state index in [1.807, 2.05) is 0 Å². The highest BCUT2D eigenvalue weighted by atomic mass is 16.5. The zero-order valence-electron chi connectivity index (χ0n) is 16.5. The molecule has 0 saturated heterocycles. The van der Waals surface area contributed by atoms with Crippen molar-refractivity contribution < 1.29 is 19.7 Å². The number of hydrogen-bond acceptors (Lipinski definition) is 4. The summed E-state index contributed by atoms with van der Waals surface area (Å²) in [5.74, 6) is -0.424. The van der Waals surface area contributed by atoms with Crippen LogP contribution in [0.5, 0.6) is 0 Å². The molecule has 1 unspecified atom stereocenters. The average Bonchev–Trinajstić information content (AvgIpc) is 2.61. The Hall–Kier alpha value is -0.610. The van der Waals surface area contributed by atoms with Gasteiger partial charge in [0.2, 0.25) is 0 Å². The van der Waals surface area contributed by atoms with Gasteiger partial charge in [-0.15, -0.1) is 0 Å². The summed E-state index contributed by atoms with van der Waals surface area (Å²) in [6.07, 6.45) is 18.6. The van der Waals surface area contributed by atoms with Crippen LogP contribution in [-0.2, 0) is 9.53 Å². The standard InChI is InChI=1S/C21H42O4/c1-2-3-4-5-6-7-8-9-10-11-12-13-14-15-16-17-25-21(24)18-20(23)19-22/h20,22-23H,2-19H2,1H3. The lowest BCUT2D eigenvalue weighted by atomic mass is 10.0. The molecule has 0 heterocycles. The summed E-state index contributed by atoms with van der Waals surface area (Å²) in [5.41, 5.74) is 0. The van der Waals surface area contributed by atoms with Gasteiger partial charge < -0.3 is 14.9 Å². The molecular formula is C21H42O4. The Kier molecular flexibility index (Phi) is 19.2. The highest BCUT2D eigenvalue weighted by molar-refractivity contribution is 5.69. The summed E-state index contributed by atoms with van der Waals surface area (Å²) in [6, 6.07) is 0. The third-order valence-electron chi connectivity index (χ3n) is 4.62. The minimum atomic E-state index is -0.992. The molecule has 0 aromatic carbocycles. The third kappa shape index (κ3) is 19.6. The van der Waals surface area contributed by atoms with Crippen molar-refractivity contribution in [3.05, 3.63) is 0 Å². The molecule has 0 aliphatic carbocycles. The highest BCUT2D eigenvalue weighted by Gasteiger charge is 2.10. The summed E-state index contributed by atoms with van der Waals surface area (Å²) >= 11 is 0. The summed E-state index contributed by atoms with van der Waals surface area (Å²) < 4.78 is 5.02. The smallest absolute Gasteiger partial charge is 0.308 e. The number of ether oxygens (including phenoxy) is 1. The van der Waals surface area contributed by atoms with E-state index >= 15 is 0 Å². The van der Waals surface area contributed by atoms with Crippen molar-refractivity contribution in [2.24, 2.45) is 0 Å². The number of carbonyl (C=O) groups excluding carboxylic acids is 1. The number of rotatable bonds is 19. The molecule has 0 saturated carbocycles. The third-order valence-corrected chi connectivity index (χ3v) is 4.62. The van der Waals surface area contributed by atoms with Gasteiger partial charge in [0.05, 0.1) is 25.7 Å². The Morgan fingerprint density at radius 2 is 1.16 bits per heavy atom. The molecule has 4 nitrogen and oxygen atoms in total. The maximum Gasteiger partial charge on any atom is 0.308 e. The van der Waals surface area contributed by atoms with Gasteiger partial charge in [0.1, 0.15) is 0 Å². The van der Waals surface area contributed by atoms with E-state index in [0.29, 0.717) is 6.61 Å². The van der Waals surface area contributed by atoms with Crippen molar-refractivity contribution in [1.29, 1.82) is 0 Å². The van der Waals surface area contributed by atoms with Gasteiger partial charge in [0.25, 0.3) is 0 Å². The molecule has 25 heavy (non-hydrogen) atoms. The lowest BCUT2D eigenvalue weighted by Gasteiger charge is -2.07. The monoisotopic (exact) mass is 358 g/mol. The van der Waals surface area contributed by atoms with Crippen LogP contribution in [0.3, 0.4) is 0 Å². The Labute approximate surface area is 155 Å². The second kappa shape index (κ2) is 19.7. The summed E-state index contributed by atoms with van der Waals surface area (Å²) in [7, 11) is 0. The minimum absolute atomic E-state index is 0.116. The van der Waals surface area contributed by atoms with E-state index in [0.717, 1.165) is 12.8 Å². The van der Waals surface area contributed by atoms with E-state index in [2.05, 4.69) is 6.92 Å². The fraction of sp³-hybridized carbons (Fsp3) is 0.952. The van der Waals surface area contributed by atoms with Crippen molar-refractivity contribution in [3.63, 3.8) is 0 Å². The van der Waals surface area contributed by atoms with Gasteiger partial charge in [0.15, 0.2) is 0 Å². The number of aliphatic hydroxyl groups excluding tert-OH is 2. The lowest BCUT2D eigenvalue weighted by Crippen LogP contribution is -2.19. The Balaban J connectivity index is 3.11. The largest absolute Gasteiger partial charge is 0.466 e. The van der Waals surface area contributed by atoms with E-state index < -0.39 is 18.7 Å². The first kappa shape index (κ1) is 24.4. The fourth-order valence-corrected chi connectivity index (χ4v) is 2.98. The quantitative estimate of drug-likeness (QED) is 0.248.